The first kappa shape index (κ1) is 19.4. The van der Waals surface area contributed by atoms with Gasteiger partial charge in [0.2, 0.25) is 0 Å². The van der Waals surface area contributed by atoms with Gasteiger partial charge in [-0.15, -0.1) is 0 Å². The van der Waals surface area contributed by atoms with E-state index in [-0.39, 0.29) is 5.91 Å². The number of furan rings is 1. The van der Waals surface area contributed by atoms with Crippen molar-refractivity contribution in [3.8, 4) is 0 Å². The van der Waals surface area contributed by atoms with E-state index in [1.165, 1.54) is 17.1 Å². The number of halogens is 1. The lowest BCUT2D eigenvalue weighted by Gasteiger charge is -2.27. The van der Waals surface area contributed by atoms with Crippen molar-refractivity contribution in [2.24, 2.45) is 0 Å². The number of hydrogen-bond acceptors (Lipinski definition) is 4. The van der Waals surface area contributed by atoms with Crippen molar-refractivity contribution in [2.45, 2.75) is 20.4 Å². The van der Waals surface area contributed by atoms with Gasteiger partial charge >= 0.3 is 0 Å². The van der Waals surface area contributed by atoms with Gasteiger partial charge in [-0.25, -0.2) is 0 Å². The van der Waals surface area contributed by atoms with E-state index in [0.29, 0.717) is 16.4 Å². The second kappa shape index (κ2) is 8.19. The summed E-state index contributed by atoms with van der Waals surface area (Å²) in [5, 5.41) is 4.53. The Kier molecular flexibility index (Phi) is 5.67. The molecule has 0 unspecified atom stereocenters. The van der Waals surface area contributed by atoms with Crippen LogP contribution in [-0.4, -0.2) is 35.4 Å². The average Bonchev–Trinajstić information content (AvgIpc) is 3.02. The largest absolute Gasteiger partial charge is 0.451 e. The molecule has 0 saturated carbocycles. The highest BCUT2D eigenvalue weighted by atomic mass is 35.5. The molecule has 4 rings (SSSR count). The van der Waals surface area contributed by atoms with Crippen molar-refractivity contribution in [2.75, 3.05) is 29.9 Å². The fraction of sp³-hybridized carbons (Fsp3) is 0.318. The quantitative estimate of drug-likeness (QED) is 0.611. The van der Waals surface area contributed by atoms with Crippen LogP contribution >= 0.6 is 23.4 Å². The summed E-state index contributed by atoms with van der Waals surface area (Å²) in [7, 11) is 0. The van der Waals surface area contributed by atoms with Crippen LogP contribution in [0.5, 0.6) is 0 Å². The van der Waals surface area contributed by atoms with Crippen LogP contribution in [0.1, 0.15) is 27.2 Å². The standard InChI is InChI=1S/C22H23ClN2O2S/c1-14-16(13-25-8-10-28-11-9-25)4-3-5-19(14)24-22(26)21-15(2)18-12-17(23)6-7-20(18)27-21/h3-7,12H,8-11,13H2,1-2H3,(H,24,26). The molecular formula is C22H23ClN2O2S. The Hall–Kier alpha value is -1.95. The highest BCUT2D eigenvalue weighted by molar-refractivity contribution is 7.99. The maximum atomic E-state index is 12.9. The molecule has 0 bridgehead atoms. The lowest BCUT2D eigenvalue weighted by Crippen LogP contribution is -2.32. The van der Waals surface area contributed by atoms with Crippen molar-refractivity contribution in [3.63, 3.8) is 0 Å². The van der Waals surface area contributed by atoms with Gasteiger partial charge in [0.25, 0.3) is 5.91 Å². The van der Waals surface area contributed by atoms with Crippen LogP contribution in [-0.2, 0) is 6.54 Å². The Morgan fingerprint density at radius 2 is 1.96 bits per heavy atom. The average molecular weight is 415 g/mol. The third-order valence-electron chi connectivity index (χ3n) is 5.30. The molecule has 6 heteroatoms. The molecule has 1 saturated heterocycles. The highest BCUT2D eigenvalue weighted by Gasteiger charge is 2.19. The maximum Gasteiger partial charge on any atom is 0.291 e. The number of hydrogen-bond donors (Lipinski definition) is 1. The van der Waals surface area contributed by atoms with Gasteiger partial charge in [-0.3, -0.25) is 9.69 Å². The van der Waals surface area contributed by atoms with Gasteiger partial charge in [-0.05, 0) is 49.2 Å². The Balaban J connectivity index is 1.56. The fourth-order valence-corrected chi connectivity index (χ4v) is 4.73. The number of thioether (sulfide) groups is 1. The zero-order valence-electron chi connectivity index (χ0n) is 16.0. The summed E-state index contributed by atoms with van der Waals surface area (Å²) in [6, 6.07) is 11.5. The molecule has 0 atom stereocenters. The van der Waals surface area contributed by atoms with Crippen molar-refractivity contribution in [3.05, 3.63) is 63.9 Å². The van der Waals surface area contributed by atoms with Crippen molar-refractivity contribution >= 4 is 45.9 Å². The van der Waals surface area contributed by atoms with E-state index in [1.807, 2.05) is 36.9 Å². The third-order valence-corrected chi connectivity index (χ3v) is 6.47. The summed E-state index contributed by atoms with van der Waals surface area (Å²) in [5.41, 5.74) is 4.64. The van der Waals surface area contributed by atoms with E-state index in [9.17, 15) is 4.79 Å². The van der Waals surface area contributed by atoms with E-state index in [1.54, 1.807) is 12.1 Å². The number of nitrogens with one attached hydrogen (secondary N) is 1. The van der Waals surface area contributed by atoms with Crippen LogP contribution < -0.4 is 5.32 Å². The minimum absolute atomic E-state index is 0.237. The molecule has 146 valence electrons. The van der Waals surface area contributed by atoms with Crippen molar-refractivity contribution < 1.29 is 9.21 Å². The first-order valence-corrected chi connectivity index (χ1v) is 10.9. The molecule has 0 spiro atoms. The van der Waals surface area contributed by atoms with Gasteiger partial charge in [0, 0.05) is 52.8 Å². The first-order chi connectivity index (χ1) is 13.5. The number of fused-ring (bicyclic) bond motifs is 1. The van der Waals surface area contributed by atoms with Gasteiger partial charge in [-0.1, -0.05) is 23.7 Å². The summed E-state index contributed by atoms with van der Waals surface area (Å²) < 4.78 is 5.80. The molecule has 4 nitrogen and oxygen atoms in total. The zero-order chi connectivity index (χ0) is 19.7. The lowest BCUT2D eigenvalue weighted by molar-refractivity contribution is 0.0998. The fourth-order valence-electron chi connectivity index (χ4n) is 3.58. The normalized spacial score (nSPS) is 15.1. The molecule has 1 aliphatic heterocycles. The topological polar surface area (TPSA) is 45.5 Å². The molecule has 2 heterocycles. The number of nitrogens with zero attached hydrogens (tertiary/aromatic N) is 1. The summed E-state index contributed by atoms with van der Waals surface area (Å²) in [6.07, 6.45) is 0. The van der Waals surface area contributed by atoms with Gasteiger partial charge in [0.05, 0.1) is 0 Å². The Labute approximate surface area is 174 Å². The molecule has 1 aliphatic rings. The molecule has 28 heavy (non-hydrogen) atoms. The van der Waals surface area contributed by atoms with Crippen LogP contribution in [0.2, 0.25) is 5.02 Å². The summed E-state index contributed by atoms with van der Waals surface area (Å²) in [6.45, 7) is 7.09. The Bertz CT molecular complexity index is 1020. The van der Waals surface area contributed by atoms with E-state index in [2.05, 4.69) is 23.2 Å². The van der Waals surface area contributed by atoms with Crippen molar-refractivity contribution in [1.29, 1.82) is 0 Å². The molecule has 1 aromatic heterocycles. The Morgan fingerprint density at radius 3 is 2.75 bits per heavy atom. The third kappa shape index (κ3) is 3.93. The molecule has 3 aromatic rings. The number of benzene rings is 2. The van der Waals surface area contributed by atoms with E-state index >= 15 is 0 Å². The number of amides is 1. The Morgan fingerprint density at radius 1 is 1.18 bits per heavy atom. The minimum Gasteiger partial charge on any atom is -0.451 e. The van der Waals surface area contributed by atoms with E-state index in [0.717, 1.165) is 41.8 Å². The minimum atomic E-state index is -0.237. The van der Waals surface area contributed by atoms with Gasteiger partial charge in [0.15, 0.2) is 5.76 Å². The van der Waals surface area contributed by atoms with Crippen LogP contribution in [0, 0.1) is 13.8 Å². The maximum absolute atomic E-state index is 12.9. The van der Waals surface area contributed by atoms with E-state index < -0.39 is 0 Å². The SMILES string of the molecule is Cc1c(CN2CCSCC2)cccc1NC(=O)c1oc2ccc(Cl)cc2c1C. The second-order valence-electron chi connectivity index (χ2n) is 7.13. The van der Waals surface area contributed by atoms with Crippen molar-refractivity contribution in [1.82, 2.24) is 4.90 Å². The van der Waals surface area contributed by atoms with Gasteiger partial charge in [-0.2, -0.15) is 11.8 Å². The van der Waals surface area contributed by atoms with E-state index in [4.69, 9.17) is 16.0 Å². The molecule has 1 N–H and O–H groups in total. The number of carbonyl (C=O) groups excluding carboxylic acids is 1. The summed E-state index contributed by atoms with van der Waals surface area (Å²) in [4.78, 5) is 15.4. The van der Waals surface area contributed by atoms with Gasteiger partial charge in [0.1, 0.15) is 5.58 Å². The molecule has 0 aliphatic carbocycles. The van der Waals surface area contributed by atoms with Crippen LogP contribution in [0.4, 0.5) is 5.69 Å². The summed E-state index contributed by atoms with van der Waals surface area (Å²) in [5.74, 6) is 2.46. The number of carbonyl (C=O) groups is 1. The predicted molar refractivity (Wildman–Crippen MR) is 118 cm³/mol. The first-order valence-electron chi connectivity index (χ1n) is 9.41. The van der Waals surface area contributed by atoms with Crippen LogP contribution in [0.3, 0.4) is 0 Å². The number of anilines is 1. The smallest absolute Gasteiger partial charge is 0.291 e. The zero-order valence-corrected chi connectivity index (χ0v) is 17.6. The highest BCUT2D eigenvalue weighted by Crippen LogP contribution is 2.29. The monoisotopic (exact) mass is 414 g/mol. The number of aryl methyl sites for hydroxylation is 1. The summed E-state index contributed by atoms with van der Waals surface area (Å²) >= 11 is 8.09. The molecule has 2 aromatic carbocycles. The lowest BCUT2D eigenvalue weighted by atomic mass is 10.1. The van der Waals surface area contributed by atoms with Crippen LogP contribution in [0.15, 0.2) is 40.8 Å². The number of rotatable bonds is 4. The molecule has 1 fully saturated rings. The second-order valence-corrected chi connectivity index (χ2v) is 8.79. The van der Waals surface area contributed by atoms with Gasteiger partial charge < -0.3 is 9.73 Å². The molecule has 1 amide bonds. The molecular weight excluding hydrogens is 392 g/mol. The predicted octanol–water partition coefficient (Wildman–Crippen LogP) is 5.50. The van der Waals surface area contributed by atoms with Crippen LogP contribution in [0.25, 0.3) is 11.0 Å². The molecule has 0 radical (unpaired) electrons.